The van der Waals surface area contributed by atoms with E-state index in [1.165, 1.54) is 0 Å². The Morgan fingerprint density at radius 3 is 2.31 bits per heavy atom. The summed E-state index contributed by atoms with van der Waals surface area (Å²) in [7, 11) is -3.49. The lowest BCUT2D eigenvalue weighted by Gasteiger charge is -2.12. The molecular weight excluding hydrogens is 251 g/mol. The Morgan fingerprint density at radius 2 is 1.94 bits per heavy atom. The molecular formula is C11H14ClFO2S. The standard InChI is InChI=1S/C11H14ClFO2S/c1-7(2)8-4-9(6-13)11(10(12)5-8)16(3,14)15/h4-5,7H,6H2,1-3H3. The first-order valence-corrected chi connectivity index (χ1v) is 7.12. The number of hydrogen-bond donors (Lipinski definition) is 0. The third-order valence-corrected chi connectivity index (χ3v) is 3.96. The average Bonchev–Trinajstić information content (AvgIpc) is 2.14. The van der Waals surface area contributed by atoms with E-state index >= 15 is 0 Å². The molecule has 0 N–H and O–H groups in total. The molecule has 16 heavy (non-hydrogen) atoms. The van der Waals surface area contributed by atoms with Crippen LogP contribution in [0.1, 0.15) is 30.9 Å². The van der Waals surface area contributed by atoms with E-state index in [0.717, 1.165) is 11.8 Å². The molecule has 0 unspecified atom stereocenters. The summed E-state index contributed by atoms with van der Waals surface area (Å²) in [5.41, 5.74) is 0.976. The summed E-state index contributed by atoms with van der Waals surface area (Å²) >= 11 is 5.90. The lowest BCUT2D eigenvalue weighted by atomic mass is 10.0. The number of alkyl halides is 1. The summed E-state index contributed by atoms with van der Waals surface area (Å²) < 4.78 is 35.7. The molecule has 0 saturated heterocycles. The zero-order valence-corrected chi connectivity index (χ0v) is 11.0. The molecule has 0 saturated carbocycles. The highest BCUT2D eigenvalue weighted by Gasteiger charge is 2.19. The van der Waals surface area contributed by atoms with E-state index < -0.39 is 16.5 Å². The molecule has 0 bridgehead atoms. The number of sulfone groups is 1. The van der Waals surface area contributed by atoms with Crippen molar-refractivity contribution in [2.75, 3.05) is 6.26 Å². The molecule has 0 aliphatic carbocycles. The summed E-state index contributed by atoms with van der Waals surface area (Å²) in [6.45, 7) is 3.05. The van der Waals surface area contributed by atoms with Gasteiger partial charge in [0.25, 0.3) is 0 Å². The van der Waals surface area contributed by atoms with E-state index in [4.69, 9.17) is 11.6 Å². The van der Waals surface area contributed by atoms with E-state index in [1.54, 1.807) is 12.1 Å². The van der Waals surface area contributed by atoms with Crippen LogP contribution in [0.15, 0.2) is 17.0 Å². The SMILES string of the molecule is CC(C)c1cc(Cl)c(S(C)(=O)=O)c(CF)c1. The average molecular weight is 265 g/mol. The summed E-state index contributed by atoms with van der Waals surface area (Å²) in [5, 5.41) is 0.0985. The van der Waals surface area contributed by atoms with Gasteiger partial charge in [0.05, 0.1) is 9.92 Å². The van der Waals surface area contributed by atoms with Gasteiger partial charge >= 0.3 is 0 Å². The van der Waals surface area contributed by atoms with Crippen LogP contribution in [0.2, 0.25) is 5.02 Å². The Labute approximate surface area is 100 Å². The minimum Gasteiger partial charge on any atom is -0.246 e. The number of benzene rings is 1. The molecule has 1 rings (SSSR count). The highest BCUT2D eigenvalue weighted by molar-refractivity contribution is 7.90. The van der Waals surface area contributed by atoms with Crippen molar-refractivity contribution in [1.29, 1.82) is 0 Å². The second-order valence-corrected chi connectivity index (χ2v) is 6.41. The van der Waals surface area contributed by atoms with Crippen molar-refractivity contribution in [3.8, 4) is 0 Å². The van der Waals surface area contributed by atoms with Crippen molar-refractivity contribution in [3.63, 3.8) is 0 Å². The van der Waals surface area contributed by atoms with Gasteiger partial charge in [-0.1, -0.05) is 31.5 Å². The molecule has 0 heterocycles. The monoisotopic (exact) mass is 264 g/mol. The fourth-order valence-electron chi connectivity index (χ4n) is 1.52. The second kappa shape index (κ2) is 4.72. The minimum absolute atomic E-state index is 0.0962. The molecule has 1 aromatic carbocycles. The van der Waals surface area contributed by atoms with Crippen molar-refractivity contribution in [1.82, 2.24) is 0 Å². The normalized spacial score (nSPS) is 12.1. The fraction of sp³-hybridized carbons (Fsp3) is 0.455. The molecule has 0 fully saturated rings. The van der Waals surface area contributed by atoms with Gasteiger partial charge in [-0.05, 0) is 17.5 Å². The van der Waals surface area contributed by atoms with Crippen molar-refractivity contribution in [2.45, 2.75) is 31.3 Å². The minimum atomic E-state index is -3.49. The van der Waals surface area contributed by atoms with Gasteiger partial charge in [0.1, 0.15) is 6.67 Å². The van der Waals surface area contributed by atoms with Crippen LogP contribution in [0, 0.1) is 0 Å². The second-order valence-electron chi connectivity index (χ2n) is 4.05. The number of rotatable bonds is 3. The summed E-state index contributed by atoms with van der Waals surface area (Å²) in [6.07, 6.45) is 1.03. The Morgan fingerprint density at radius 1 is 1.38 bits per heavy atom. The van der Waals surface area contributed by atoms with Crippen LogP contribution in [0.3, 0.4) is 0 Å². The molecule has 5 heteroatoms. The Kier molecular flexibility index (Phi) is 3.97. The maximum Gasteiger partial charge on any atom is 0.177 e. The molecule has 2 nitrogen and oxygen atoms in total. The largest absolute Gasteiger partial charge is 0.246 e. The van der Waals surface area contributed by atoms with Gasteiger partial charge < -0.3 is 0 Å². The predicted octanol–water partition coefficient (Wildman–Crippen LogP) is 3.34. The molecule has 0 radical (unpaired) electrons. The molecule has 0 aromatic heterocycles. The number of hydrogen-bond acceptors (Lipinski definition) is 2. The van der Waals surface area contributed by atoms with Crippen molar-refractivity contribution in [2.24, 2.45) is 0 Å². The van der Waals surface area contributed by atoms with Crippen LogP contribution in [0.4, 0.5) is 4.39 Å². The highest BCUT2D eigenvalue weighted by atomic mass is 35.5. The highest BCUT2D eigenvalue weighted by Crippen LogP contribution is 2.30. The maximum absolute atomic E-state index is 12.8. The third kappa shape index (κ3) is 2.74. The summed E-state index contributed by atoms with van der Waals surface area (Å²) in [4.78, 5) is -0.0962. The Balaban J connectivity index is 3.53. The van der Waals surface area contributed by atoms with Crippen LogP contribution in [0.5, 0.6) is 0 Å². The van der Waals surface area contributed by atoms with Gasteiger partial charge in [0.2, 0.25) is 0 Å². The van der Waals surface area contributed by atoms with Crippen molar-refractivity contribution < 1.29 is 12.8 Å². The van der Waals surface area contributed by atoms with E-state index in [2.05, 4.69) is 0 Å². The van der Waals surface area contributed by atoms with E-state index in [1.807, 2.05) is 13.8 Å². The van der Waals surface area contributed by atoms with Gasteiger partial charge in [-0.2, -0.15) is 0 Å². The first-order chi connectivity index (χ1) is 7.27. The molecule has 90 valence electrons. The Hall–Kier alpha value is -0.610. The van der Waals surface area contributed by atoms with E-state index in [-0.39, 0.29) is 21.4 Å². The van der Waals surface area contributed by atoms with E-state index in [9.17, 15) is 12.8 Å². The Bertz CT molecular complexity index is 495. The maximum atomic E-state index is 12.8. The van der Waals surface area contributed by atoms with Crippen LogP contribution in [-0.2, 0) is 16.5 Å². The van der Waals surface area contributed by atoms with Crippen molar-refractivity contribution >= 4 is 21.4 Å². The smallest absolute Gasteiger partial charge is 0.177 e. The van der Waals surface area contributed by atoms with Gasteiger partial charge in [0, 0.05) is 11.8 Å². The number of halogens is 2. The first kappa shape index (κ1) is 13.5. The zero-order valence-electron chi connectivity index (χ0n) is 9.42. The van der Waals surface area contributed by atoms with Crippen LogP contribution >= 0.6 is 11.6 Å². The van der Waals surface area contributed by atoms with Gasteiger partial charge in [-0.3, -0.25) is 0 Å². The van der Waals surface area contributed by atoms with Gasteiger partial charge in [-0.25, -0.2) is 12.8 Å². The molecule has 1 aromatic rings. The molecule has 0 amide bonds. The zero-order chi connectivity index (χ0) is 12.5. The van der Waals surface area contributed by atoms with Crippen molar-refractivity contribution in [3.05, 3.63) is 28.3 Å². The molecule has 0 aliphatic heterocycles. The van der Waals surface area contributed by atoms with Crippen LogP contribution in [0.25, 0.3) is 0 Å². The van der Waals surface area contributed by atoms with Crippen LogP contribution < -0.4 is 0 Å². The summed E-state index contributed by atoms with van der Waals surface area (Å²) in [5.74, 6) is 0.177. The third-order valence-electron chi connectivity index (χ3n) is 2.32. The predicted molar refractivity (Wildman–Crippen MR) is 63.5 cm³/mol. The fourth-order valence-corrected chi connectivity index (χ4v) is 3.19. The van der Waals surface area contributed by atoms with Crippen LogP contribution in [-0.4, -0.2) is 14.7 Å². The molecule has 0 atom stereocenters. The quantitative estimate of drug-likeness (QED) is 0.839. The molecule has 0 aliphatic rings. The lowest BCUT2D eigenvalue weighted by molar-refractivity contribution is 0.477. The van der Waals surface area contributed by atoms with Gasteiger partial charge in [-0.15, -0.1) is 0 Å². The van der Waals surface area contributed by atoms with E-state index in [0.29, 0.717) is 0 Å². The molecule has 0 spiro atoms. The summed E-state index contributed by atoms with van der Waals surface area (Å²) in [6, 6.07) is 3.15. The first-order valence-electron chi connectivity index (χ1n) is 4.85. The topological polar surface area (TPSA) is 34.1 Å². The lowest BCUT2D eigenvalue weighted by Crippen LogP contribution is -2.04. The van der Waals surface area contributed by atoms with Gasteiger partial charge in [0.15, 0.2) is 9.84 Å².